The van der Waals surface area contributed by atoms with Crippen molar-refractivity contribution in [3.05, 3.63) is 35.4 Å². The van der Waals surface area contributed by atoms with Gasteiger partial charge in [-0.1, -0.05) is 29.8 Å². The molecule has 0 spiro atoms. The molecule has 0 fully saturated rings. The second-order valence-corrected chi connectivity index (χ2v) is 3.27. The number of rotatable bonds is 2. The van der Waals surface area contributed by atoms with Gasteiger partial charge >= 0.3 is 0 Å². The molecule has 1 unspecified atom stereocenters. The summed E-state index contributed by atoms with van der Waals surface area (Å²) in [5.41, 5.74) is 1.23. The van der Waals surface area contributed by atoms with E-state index in [1.807, 2.05) is 6.92 Å². The third-order valence-electron chi connectivity index (χ3n) is 1.87. The molecule has 0 amide bonds. The minimum absolute atomic E-state index is 0.248. The maximum Gasteiger partial charge on any atom is 0.274 e. The Kier molecular flexibility index (Phi) is 2.66. The van der Waals surface area contributed by atoms with Crippen molar-refractivity contribution in [1.82, 2.24) is 0 Å². The van der Waals surface area contributed by atoms with Gasteiger partial charge < -0.3 is 5.11 Å². The minimum atomic E-state index is -3.09. The Morgan fingerprint density at radius 2 is 1.69 bits per heavy atom. The molecule has 0 aliphatic heterocycles. The normalized spacial score (nSPS) is 14.2. The summed E-state index contributed by atoms with van der Waals surface area (Å²) in [4.78, 5) is 0. The lowest BCUT2D eigenvalue weighted by molar-refractivity contribution is -0.0954. The molecule has 0 aromatic heterocycles. The molecule has 72 valence electrons. The minimum Gasteiger partial charge on any atom is -0.382 e. The third kappa shape index (κ3) is 2.49. The zero-order valence-corrected chi connectivity index (χ0v) is 7.59. The van der Waals surface area contributed by atoms with Gasteiger partial charge in [0.2, 0.25) is 0 Å². The van der Waals surface area contributed by atoms with Crippen molar-refractivity contribution in [2.75, 3.05) is 0 Å². The summed E-state index contributed by atoms with van der Waals surface area (Å²) in [5.74, 6) is -3.09. The van der Waals surface area contributed by atoms with Gasteiger partial charge in [0.25, 0.3) is 5.92 Å². The quantitative estimate of drug-likeness (QED) is 0.752. The summed E-state index contributed by atoms with van der Waals surface area (Å²) < 4.78 is 25.3. The Labute approximate surface area is 76.0 Å². The highest BCUT2D eigenvalue weighted by Gasteiger charge is 2.33. The third-order valence-corrected chi connectivity index (χ3v) is 1.87. The molecule has 0 heterocycles. The first-order chi connectivity index (χ1) is 5.91. The molecule has 0 saturated carbocycles. The lowest BCUT2D eigenvalue weighted by Gasteiger charge is -2.18. The molecule has 1 atom stereocenters. The van der Waals surface area contributed by atoms with Gasteiger partial charge in [-0.3, -0.25) is 0 Å². The summed E-state index contributed by atoms with van der Waals surface area (Å²) in [5, 5.41) is 9.20. The van der Waals surface area contributed by atoms with Gasteiger partial charge in [-0.05, 0) is 12.5 Å². The van der Waals surface area contributed by atoms with Crippen LogP contribution in [0.25, 0.3) is 0 Å². The number of hydrogen-bond acceptors (Lipinski definition) is 1. The summed E-state index contributed by atoms with van der Waals surface area (Å²) in [6.45, 7) is 2.57. The Hall–Kier alpha value is -0.960. The molecular formula is C10H12F2O. The van der Waals surface area contributed by atoms with E-state index in [1.165, 1.54) is 12.1 Å². The molecular weight excluding hydrogens is 174 g/mol. The number of aliphatic hydroxyl groups excluding tert-OH is 1. The molecule has 0 bridgehead atoms. The Morgan fingerprint density at radius 1 is 1.23 bits per heavy atom. The summed E-state index contributed by atoms with van der Waals surface area (Å²) in [6, 6.07) is 6.42. The van der Waals surface area contributed by atoms with Gasteiger partial charge in [-0.15, -0.1) is 0 Å². The van der Waals surface area contributed by atoms with Crippen LogP contribution in [0.3, 0.4) is 0 Å². The molecule has 0 saturated heterocycles. The number of alkyl halides is 2. The smallest absolute Gasteiger partial charge is 0.274 e. The van der Waals surface area contributed by atoms with Gasteiger partial charge in [0.1, 0.15) is 6.10 Å². The van der Waals surface area contributed by atoms with Gasteiger partial charge in [0.15, 0.2) is 0 Å². The molecule has 1 nitrogen and oxygen atoms in total. The highest BCUT2D eigenvalue weighted by molar-refractivity contribution is 5.24. The predicted octanol–water partition coefficient (Wildman–Crippen LogP) is 2.68. The topological polar surface area (TPSA) is 20.2 Å². The predicted molar refractivity (Wildman–Crippen MR) is 46.8 cm³/mol. The van der Waals surface area contributed by atoms with Crippen molar-refractivity contribution in [2.24, 2.45) is 0 Å². The zero-order chi connectivity index (χ0) is 10.1. The lowest BCUT2D eigenvalue weighted by atomic mass is 10.0. The highest BCUT2D eigenvalue weighted by atomic mass is 19.3. The second kappa shape index (κ2) is 3.42. The molecule has 0 aliphatic rings. The number of aliphatic hydroxyl groups is 1. The van der Waals surface area contributed by atoms with Gasteiger partial charge in [0.05, 0.1) is 0 Å². The van der Waals surface area contributed by atoms with Crippen LogP contribution in [0.1, 0.15) is 24.2 Å². The van der Waals surface area contributed by atoms with Crippen LogP contribution in [0.4, 0.5) is 8.78 Å². The Balaban J connectivity index is 2.90. The van der Waals surface area contributed by atoms with E-state index < -0.39 is 12.0 Å². The van der Waals surface area contributed by atoms with Crippen LogP contribution in [0.5, 0.6) is 0 Å². The molecule has 1 aromatic rings. The van der Waals surface area contributed by atoms with Gasteiger partial charge in [-0.2, -0.15) is 0 Å². The number of halogens is 2. The molecule has 0 radical (unpaired) electrons. The fourth-order valence-corrected chi connectivity index (χ4v) is 1.04. The standard InChI is InChI=1S/C10H12F2O/c1-7-3-5-8(6-4-7)9(13)10(2,11)12/h3-6,9,13H,1-2H3. The molecule has 1 N–H and O–H groups in total. The van der Waals surface area contributed by atoms with Crippen LogP contribution in [0.2, 0.25) is 0 Å². The van der Waals surface area contributed by atoms with E-state index in [0.717, 1.165) is 5.56 Å². The number of benzene rings is 1. The second-order valence-electron chi connectivity index (χ2n) is 3.27. The van der Waals surface area contributed by atoms with Crippen LogP contribution in [-0.2, 0) is 0 Å². The van der Waals surface area contributed by atoms with Crippen molar-refractivity contribution in [3.63, 3.8) is 0 Å². The van der Waals surface area contributed by atoms with E-state index in [2.05, 4.69) is 0 Å². The monoisotopic (exact) mass is 186 g/mol. The maximum absolute atomic E-state index is 12.7. The van der Waals surface area contributed by atoms with Crippen molar-refractivity contribution in [1.29, 1.82) is 0 Å². The van der Waals surface area contributed by atoms with E-state index in [9.17, 15) is 13.9 Å². The molecule has 13 heavy (non-hydrogen) atoms. The van der Waals surface area contributed by atoms with E-state index in [4.69, 9.17) is 0 Å². The lowest BCUT2D eigenvalue weighted by Crippen LogP contribution is -2.21. The van der Waals surface area contributed by atoms with E-state index in [0.29, 0.717) is 6.92 Å². The first-order valence-electron chi connectivity index (χ1n) is 4.03. The van der Waals surface area contributed by atoms with Crippen molar-refractivity contribution >= 4 is 0 Å². The average molecular weight is 186 g/mol. The average Bonchev–Trinajstić information content (AvgIpc) is 2.03. The van der Waals surface area contributed by atoms with Gasteiger partial charge in [0, 0.05) is 6.92 Å². The number of aryl methyl sites for hydroxylation is 1. The SMILES string of the molecule is Cc1ccc(C(O)C(C)(F)F)cc1. The fourth-order valence-electron chi connectivity index (χ4n) is 1.04. The Bertz CT molecular complexity index is 274. The first-order valence-corrected chi connectivity index (χ1v) is 4.03. The largest absolute Gasteiger partial charge is 0.382 e. The van der Waals surface area contributed by atoms with E-state index >= 15 is 0 Å². The fraction of sp³-hybridized carbons (Fsp3) is 0.400. The van der Waals surface area contributed by atoms with E-state index in [-0.39, 0.29) is 5.56 Å². The van der Waals surface area contributed by atoms with Crippen molar-refractivity contribution < 1.29 is 13.9 Å². The van der Waals surface area contributed by atoms with Crippen LogP contribution in [0.15, 0.2) is 24.3 Å². The molecule has 0 aliphatic carbocycles. The molecule has 1 aromatic carbocycles. The van der Waals surface area contributed by atoms with Crippen LogP contribution < -0.4 is 0 Å². The zero-order valence-electron chi connectivity index (χ0n) is 7.59. The van der Waals surface area contributed by atoms with Gasteiger partial charge in [-0.25, -0.2) is 8.78 Å². The van der Waals surface area contributed by atoms with Crippen molar-refractivity contribution in [2.45, 2.75) is 25.9 Å². The summed E-state index contributed by atoms with van der Waals surface area (Å²) >= 11 is 0. The molecule has 1 rings (SSSR count). The Morgan fingerprint density at radius 3 is 2.08 bits per heavy atom. The van der Waals surface area contributed by atoms with Crippen LogP contribution >= 0.6 is 0 Å². The summed E-state index contributed by atoms with van der Waals surface area (Å²) in [6.07, 6.45) is -1.71. The van der Waals surface area contributed by atoms with Crippen LogP contribution in [0, 0.1) is 6.92 Å². The highest BCUT2D eigenvalue weighted by Crippen LogP contribution is 2.30. The van der Waals surface area contributed by atoms with E-state index in [1.54, 1.807) is 12.1 Å². The maximum atomic E-state index is 12.7. The summed E-state index contributed by atoms with van der Waals surface area (Å²) in [7, 11) is 0. The number of hydrogen-bond donors (Lipinski definition) is 1. The molecule has 3 heteroatoms. The first kappa shape index (κ1) is 10.1. The van der Waals surface area contributed by atoms with Crippen LogP contribution in [-0.4, -0.2) is 11.0 Å². The van der Waals surface area contributed by atoms with Crippen molar-refractivity contribution in [3.8, 4) is 0 Å².